The molecule has 0 amide bonds. The number of ether oxygens (including phenoxy) is 1. The van der Waals surface area contributed by atoms with E-state index in [1.54, 1.807) is 22.4 Å². The molecular formula is C13H20BrN3O2Si. The quantitative estimate of drug-likeness (QED) is 0.610. The minimum absolute atomic E-state index is 0.0985. The number of hydrogen-bond donors (Lipinski definition) is 0. The van der Waals surface area contributed by atoms with E-state index in [0.29, 0.717) is 12.3 Å². The molecule has 0 aliphatic carbocycles. The van der Waals surface area contributed by atoms with Gasteiger partial charge >= 0.3 is 5.69 Å². The van der Waals surface area contributed by atoms with Crippen LogP contribution in [0.25, 0.3) is 11.2 Å². The monoisotopic (exact) mass is 357 g/mol. The largest absolute Gasteiger partial charge is 0.361 e. The van der Waals surface area contributed by atoms with Crippen LogP contribution >= 0.6 is 15.9 Å². The third kappa shape index (κ3) is 3.39. The highest BCUT2D eigenvalue weighted by Crippen LogP contribution is 2.16. The first-order chi connectivity index (χ1) is 9.29. The smallest absolute Gasteiger partial charge is 0.331 e. The van der Waals surface area contributed by atoms with E-state index >= 15 is 0 Å². The minimum atomic E-state index is -1.10. The SMILES string of the molecule is Cn1c(=O)n(COCC[Si](C)(C)C)c2cc(Br)cnc21. The summed E-state index contributed by atoms with van der Waals surface area (Å²) in [7, 11) is 0.622. The van der Waals surface area contributed by atoms with E-state index in [4.69, 9.17) is 4.74 Å². The van der Waals surface area contributed by atoms with Gasteiger partial charge in [-0.25, -0.2) is 9.78 Å². The van der Waals surface area contributed by atoms with Gasteiger partial charge < -0.3 is 4.74 Å². The van der Waals surface area contributed by atoms with E-state index in [2.05, 4.69) is 40.6 Å². The zero-order valence-corrected chi connectivity index (χ0v) is 14.9. The predicted octanol–water partition coefficient (Wildman–Crippen LogP) is 2.81. The van der Waals surface area contributed by atoms with Crippen LogP contribution < -0.4 is 5.69 Å². The number of pyridine rings is 1. The Labute approximate surface area is 127 Å². The molecule has 0 spiro atoms. The summed E-state index contributed by atoms with van der Waals surface area (Å²) in [5.74, 6) is 0. The van der Waals surface area contributed by atoms with E-state index in [0.717, 1.165) is 16.0 Å². The van der Waals surface area contributed by atoms with Crippen LogP contribution in [-0.2, 0) is 18.5 Å². The van der Waals surface area contributed by atoms with Crippen molar-refractivity contribution in [2.45, 2.75) is 32.4 Å². The molecule has 7 heteroatoms. The minimum Gasteiger partial charge on any atom is -0.361 e. The molecule has 0 bridgehead atoms. The van der Waals surface area contributed by atoms with Gasteiger partial charge in [0, 0.05) is 32.4 Å². The molecule has 0 atom stereocenters. The third-order valence-electron chi connectivity index (χ3n) is 3.16. The fourth-order valence-electron chi connectivity index (χ4n) is 1.91. The number of rotatable bonds is 5. The fraction of sp³-hybridized carbons (Fsp3) is 0.538. The number of nitrogens with zero attached hydrogens (tertiary/aromatic N) is 3. The average Bonchev–Trinajstić information content (AvgIpc) is 2.57. The Balaban J connectivity index is 2.20. The highest BCUT2D eigenvalue weighted by molar-refractivity contribution is 9.10. The van der Waals surface area contributed by atoms with Gasteiger partial charge in [0.05, 0.1) is 5.52 Å². The van der Waals surface area contributed by atoms with Crippen LogP contribution in [-0.4, -0.2) is 28.8 Å². The lowest BCUT2D eigenvalue weighted by atomic mass is 10.4. The first-order valence-electron chi connectivity index (χ1n) is 6.58. The summed E-state index contributed by atoms with van der Waals surface area (Å²) < 4.78 is 9.70. The van der Waals surface area contributed by atoms with E-state index < -0.39 is 8.07 Å². The second kappa shape index (κ2) is 5.83. The Morgan fingerprint density at radius 1 is 1.40 bits per heavy atom. The second-order valence-electron chi connectivity index (χ2n) is 6.11. The molecule has 0 radical (unpaired) electrons. The molecule has 110 valence electrons. The molecule has 2 rings (SSSR count). The van der Waals surface area contributed by atoms with Gasteiger partial charge in [0.1, 0.15) is 6.73 Å². The highest BCUT2D eigenvalue weighted by atomic mass is 79.9. The van der Waals surface area contributed by atoms with E-state index in [-0.39, 0.29) is 12.4 Å². The van der Waals surface area contributed by atoms with Crippen molar-refractivity contribution in [2.75, 3.05) is 6.61 Å². The van der Waals surface area contributed by atoms with Crippen molar-refractivity contribution in [3.63, 3.8) is 0 Å². The highest BCUT2D eigenvalue weighted by Gasteiger charge is 2.14. The van der Waals surface area contributed by atoms with Crippen LogP contribution in [0, 0.1) is 0 Å². The number of aromatic nitrogens is 3. The summed E-state index contributed by atoms with van der Waals surface area (Å²) in [6.07, 6.45) is 1.69. The third-order valence-corrected chi connectivity index (χ3v) is 5.29. The number of fused-ring (bicyclic) bond motifs is 1. The summed E-state index contributed by atoms with van der Waals surface area (Å²) in [6.45, 7) is 7.89. The molecule has 20 heavy (non-hydrogen) atoms. The average molecular weight is 358 g/mol. The van der Waals surface area contributed by atoms with Crippen molar-refractivity contribution in [1.82, 2.24) is 14.1 Å². The van der Waals surface area contributed by atoms with Gasteiger partial charge in [0.25, 0.3) is 0 Å². The molecule has 0 aliphatic rings. The van der Waals surface area contributed by atoms with Crippen LogP contribution in [0.2, 0.25) is 25.7 Å². The summed E-state index contributed by atoms with van der Waals surface area (Å²) >= 11 is 3.39. The maximum atomic E-state index is 12.2. The topological polar surface area (TPSA) is 49.0 Å². The van der Waals surface area contributed by atoms with Crippen LogP contribution in [0.15, 0.2) is 21.5 Å². The van der Waals surface area contributed by atoms with Crippen LogP contribution in [0.5, 0.6) is 0 Å². The maximum Gasteiger partial charge on any atom is 0.331 e. The van der Waals surface area contributed by atoms with Gasteiger partial charge in [-0.05, 0) is 28.0 Å². The Hall–Kier alpha value is -0.923. The first-order valence-corrected chi connectivity index (χ1v) is 11.1. The summed E-state index contributed by atoms with van der Waals surface area (Å²) in [5, 5.41) is 0. The van der Waals surface area contributed by atoms with Crippen molar-refractivity contribution in [2.24, 2.45) is 7.05 Å². The summed E-state index contributed by atoms with van der Waals surface area (Å²) in [6, 6.07) is 2.99. The molecular weight excluding hydrogens is 338 g/mol. The number of halogens is 1. The summed E-state index contributed by atoms with van der Waals surface area (Å²) in [5.41, 5.74) is 1.37. The van der Waals surface area contributed by atoms with Gasteiger partial charge in [0.2, 0.25) is 0 Å². The van der Waals surface area contributed by atoms with Gasteiger partial charge in [-0.2, -0.15) is 0 Å². The lowest BCUT2D eigenvalue weighted by Gasteiger charge is -2.15. The van der Waals surface area contributed by atoms with E-state index in [1.165, 1.54) is 0 Å². The van der Waals surface area contributed by atoms with E-state index in [1.807, 2.05) is 6.07 Å². The second-order valence-corrected chi connectivity index (χ2v) is 12.7. The number of imidazole rings is 1. The Morgan fingerprint density at radius 2 is 2.10 bits per heavy atom. The molecule has 0 saturated carbocycles. The zero-order valence-electron chi connectivity index (χ0n) is 12.3. The fourth-order valence-corrected chi connectivity index (χ4v) is 2.99. The molecule has 0 saturated heterocycles. The van der Waals surface area contributed by atoms with E-state index in [9.17, 15) is 4.79 Å². The Bertz CT molecular complexity index is 673. The maximum absolute atomic E-state index is 12.2. The van der Waals surface area contributed by atoms with Crippen LogP contribution in [0.3, 0.4) is 0 Å². The van der Waals surface area contributed by atoms with Crippen molar-refractivity contribution < 1.29 is 4.74 Å². The predicted molar refractivity (Wildman–Crippen MR) is 86.8 cm³/mol. The molecule has 0 aliphatic heterocycles. The lowest BCUT2D eigenvalue weighted by molar-refractivity contribution is 0.0873. The van der Waals surface area contributed by atoms with Gasteiger partial charge in [-0.1, -0.05) is 19.6 Å². The van der Waals surface area contributed by atoms with Crippen molar-refractivity contribution in [1.29, 1.82) is 0 Å². The molecule has 0 fully saturated rings. The number of hydrogen-bond acceptors (Lipinski definition) is 3. The number of aryl methyl sites for hydroxylation is 1. The molecule has 0 N–H and O–H groups in total. The molecule has 0 aromatic carbocycles. The lowest BCUT2D eigenvalue weighted by Crippen LogP contribution is -2.25. The molecule has 2 aromatic heterocycles. The van der Waals surface area contributed by atoms with Crippen LogP contribution in [0.1, 0.15) is 0 Å². The van der Waals surface area contributed by atoms with Crippen LogP contribution in [0.4, 0.5) is 0 Å². The zero-order chi connectivity index (χ0) is 14.9. The van der Waals surface area contributed by atoms with Crippen molar-refractivity contribution >= 4 is 35.2 Å². The van der Waals surface area contributed by atoms with Gasteiger partial charge in [0.15, 0.2) is 5.65 Å². The Kier molecular flexibility index (Phi) is 4.51. The first kappa shape index (κ1) is 15.5. The molecule has 5 nitrogen and oxygen atoms in total. The standard InChI is InChI=1S/C13H20BrN3O2Si/c1-16-12-11(7-10(14)8-15-12)17(13(16)18)9-19-5-6-20(2,3)4/h7-8H,5-6,9H2,1-4H3. The molecule has 2 heterocycles. The summed E-state index contributed by atoms with van der Waals surface area (Å²) in [4.78, 5) is 16.5. The Morgan fingerprint density at radius 3 is 2.75 bits per heavy atom. The normalized spacial score (nSPS) is 12.2. The molecule has 2 aromatic rings. The van der Waals surface area contributed by atoms with Gasteiger partial charge in [-0.3, -0.25) is 9.13 Å². The van der Waals surface area contributed by atoms with Gasteiger partial charge in [-0.15, -0.1) is 0 Å². The molecule has 0 unspecified atom stereocenters. The van der Waals surface area contributed by atoms with Crippen molar-refractivity contribution in [3.8, 4) is 0 Å². The van der Waals surface area contributed by atoms with Crippen molar-refractivity contribution in [3.05, 3.63) is 27.2 Å².